The average Bonchev–Trinajstić information content (AvgIpc) is 2.68. The Labute approximate surface area is 155 Å². The molecule has 6 nitrogen and oxygen atoms in total. The number of aryl methyl sites for hydroxylation is 1. The Kier molecular flexibility index (Phi) is 4.38. The highest BCUT2D eigenvalue weighted by molar-refractivity contribution is 5.86. The minimum atomic E-state index is -0.200. The fourth-order valence-electron chi connectivity index (χ4n) is 3.08. The first-order valence-electron chi connectivity index (χ1n) is 8.60. The van der Waals surface area contributed by atoms with Crippen molar-refractivity contribution in [3.63, 3.8) is 0 Å². The first-order valence-corrected chi connectivity index (χ1v) is 8.60. The summed E-state index contributed by atoms with van der Waals surface area (Å²) in [7, 11) is 1.62. The second-order valence-electron chi connectivity index (χ2n) is 6.20. The van der Waals surface area contributed by atoms with Crippen molar-refractivity contribution in [2.24, 2.45) is 0 Å². The number of nitrogens with one attached hydrogen (secondary N) is 1. The molecule has 0 unspecified atom stereocenters. The minimum Gasteiger partial charge on any atom is -0.494 e. The van der Waals surface area contributed by atoms with Crippen molar-refractivity contribution >= 4 is 10.9 Å². The lowest BCUT2D eigenvalue weighted by molar-refractivity contribution is 0.418. The first kappa shape index (κ1) is 16.9. The molecule has 0 saturated heterocycles. The van der Waals surface area contributed by atoms with E-state index in [1.807, 2.05) is 55.5 Å². The molecule has 4 aromatic rings. The highest BCUT2D eigenvalue weighted by atomic mass is 16.5. The number of hydrogen-bond acceptors (Lipinski definition) is 5. The Morgan fingerprint density at radius 2 is 1.81 bits per heavy atom. The Morgan fingerprint density at radius 1 is 1.00 bits per heavy atom. The van der Waals surface area contributed by atoms with E-state index in [9.17, 15) is 4.79 Å². The molecule has 27 heavy (non-hydrogen) atoms. The zero-order chi connectivity index (χ0) is 18.8. The van der Waals surface area contributed by atoms with Crippen LogP contribution in [-0.4, -0.2) is 27.0 Å². The number of methoxy groups -OCH3 is 1. The molecule has 0 radical (unpaired) electrons. The van der Waals surface area contributed by atoms with Crippen LogP contribution in [0.1, 0.15) is 17.3 Å². The third-order valence-corrected chi connectivity index (χ3v) is 4.33. The van der Waals surface area contributed by atoms with Gasteiger partial charge >= 0.3 is 0 Å². The Hall–Kier alpha value is -3.54. The van der Waals surface area contributed by atoms with Crippen molar-refractivity contribution in [1.29, 1.82) is 0 Å². The van der Waals surface area contributed by atoms with Gasteiger partial charge in [-0.25, -0.2) is 15.0 Å². The summed E-state index contributed by atoms with van der Waals surface area (Å²) >= 11 is 0. The molecule has 1 N–H and O–H groups in total. The van der Waals surface area contributed by atoms with Crippen LogP contribution in [0.25, 0.3) is 22.2 Å². The minimum absolute atomic E-state index is 0.200. The lowest BCUT2D eigenvalue weighted by Crippen LogP contribution is -2.13. The van der Waals surface area contributed by atoms with Gasteiger partial charge in [0, 0.05) is 22.7 Å². The van der Waals surface area contributed by atoms with Gasteiger partial charge in [-0.1, -0.05) is 42.5 Å². The number of H-pyrrole nitrogens is 1. The van der Waals surface area contributed by atoms with Crippen LogP contribution in [0.3, 0.4) is 0 Å². The van der Waals surface area contributed by atoms with Crippen LogP contribution >= 0.6 is 0 Å². The van der Waals surface area contributed by atoms with Gasteiger partial charge < -0.3 is 9.72 Å². The molecule has 2 aromatic heterocycles. The molecule has 4 rings (SSSR count). The molecule has 134 valence electrons. The monoisotopic (exact) mass is 358 g/mol. The third-order valence-electron chi connectivity index (χ3n) is 4.33. The summed E-state index contributed by atoms with van der Waals surface area (Å²) in [6.45, 7) is 1.93. The molecule has 0 spiro atoms. The van der Waals surface area contributed by atoms with Crippen molar-refractivity contribution in [3.05, 3.63) is 82.3 Å². The summed E-state index contributed by atoms with van der Waals surface area (Å²) in [6.07, 6.45) is 0.324. The van der Waals surface area contributed by atoms with Gasteiger partial charge in [0.25, 0.3) is 5.56 Å². The third kappa shape index (κ3) is 3.42. The van der Waals surface area contributed by atoms with E-state index in [1.54, 1.807) is 7.11 Å². The van der Waals surface area contributed by atoms with Gasteiger partial charge in [0.1, 0.15) is 22.9 Å². The number of aromatic amines is 1. The van der Waals surface area contributed by atoms with E-state index >= 15 is 0 Å². The molecule has 2 heterocycles. The molecule has 0 amide bonds. The van der Waals surface area contributed by atoms with Crippen molar-refractivity contribution in [3.8, 4) is 17.0 Å². The Balaban J connectivity index is 1.76. The first-order chi connectivity index (χ1) is 13.1. The molecule has 0 bridgehead atoms. The quantitative estimate of drug-likeness (QED) is 0.605. The zero-order valence-electron chi connectivity index (χ0n) is 15.1. The fourth-order valence-corrected chi connectivity index (χ4v) is 3.08. The van der Waals surface area contributed by atoms with Gasteiger partial charge in [0.2, 0.25) is 0 Å². The molecule has 0 aliphatic carbocycles. The number of ether oxygens (including phenoxy) is 1. The van der Waals surface area contributed by atoms with E-state index in [4.69, 9.17) is 4.74 Å². The molecule has 0 atom stereocenters. The highest BCUT2D eigenvalue weighted by Gasteiger charge is 2.11. The summed E-state index contributed by atoms with van der Waals surface area (Å²) in [6, 6.07) is 16.9. The molecule has 0 aliphatic rings. The maximum absolute atomic E-state index is 12.1. The maximum Gasteiger partial charge on any atom is 0.251 e. The number of aromatic nitrogens is 4. The molecule has 0 fully saturated rings. The van der Waals surface area contributed by atoms with E-state index in [0.29, 0.717) is 29.5 Å². The smallest absolute Gasteiger partial charge is 0.251 e. The second-order valence-corrected chi connectivity index (χ2v) is 6.20. The van der Waals surface area contributed by atoms with Crippen LogP contribution in [0.2, 0.25) is 0 Å². The molecule has 0 saturated carbocycles. The number of fused-ring (bicyclic) bond motifs is 1. The second kappa shape index (κ2) is 6.99. The highest BCUT2D eigenvalue weighted by Crippen LogP contribution is 2.25. The Bertz CT molecular complexity index is 1170. The largest absolute Gasteiger partial charge is 0.494 e. The van der Waals surface area contributed by atoms with Crippen molar-refractivity contribution < 1.29 is 4.74 Å². The lowest BCUT2D eigenvalue weighted by atomic mass is 10.1. The summed E-state index contributed by atoms with van der Waals surface area (Å²) in [5.41, 5.74) is 2.93. The summed E-state index contributed by atoms with van der Waals surface area (Å²) < 4.78 is 5.42. The number of rotatable bonds is 4. The molecule has 2 aromatic carbocycles. The molecular weight excluding hydrogens is 340 g/mol. The van der Waals surface area contributed by atoms with Gasteiger partial charge in [-0.15, -0.1) is 0 Å². The predicted molar refractivity (Wildman–Crippen MR) is 104 cm³/mol. The van der Waals surface area contributed by atoms with E-state index < -0.39 is 0 Å². The summed E-state index contributed by atoms with van der Waals surface area (Å²) in [4.78, 5) is 28.7. The van der Waals surface area contributed by atoms with E-state index in [0.717, 1.165) is 22.2 Å². The van der Waals surface area contributed by atoms with Crippen LogP contribution in [-0.2, 0) is 6.42 Å². The van der Waals surface area contributed by atoms with E-state index in [2.05, 4.69) is 19.9 Å². The van der Waals surface area contributed by atoms with Crippen molar-refractivity contribution in [2.45, 2.75) is 13.3 Å². The molecule has 6 heteroatoms. The zero-order valence-corrected chi connectivity index (χ0v) is 15.1. The van der Waals surface area contributed by atoms with Crippen molar-refractivity contribution in [2.75, 3.05) is 7.11 Å². The summed E-state index contributed by atoms with van der Waals surface area (Å²) in [5.74, 6) is 1.80. The molecule has 0 aliphatic heterocycles. The van der Waals surface area contributed by atoms with Gasteiger partial charge in [0.15, 0.2) is 0 Å². The van der Waals surface area contributed by atoms with E-state index in [-0.39, 0.29) is 5.56 Å². The number of para-hydroxylation sites is 1. The van der Waals surface area contributed by atoms with Gasteiger partial charge in [0.05, 0.1) is 19.2 Å². The summed E-state index contributed by atoms with van der Waals surface area (Å²) in [5, 5.41) is 0.942. The van der Waals surface area contributed by atoms with Crippen LogP contribution in [0, 0.1) is 6.92 Å². The van der Waals surface area contributed by atoms with Crippen molar-refractivity contribution in [1.82, 2.24) is 19.9 Å². The topological polar surface area (TPSA) is 80.8 Å². The normalized spacial score (nSPS) is 10.9. The van der Waals surface area contributed by atoms with Crippen LogP contribution in [0.5, 0.6) is 5.75 Å². The predicted octanol–water partition coefficient (Wildman–Crippen LogP) is 3.29. The average molecular weight is 358 g/mol. The Morgan fingerprint density at radius 3 is 2.59 bits per heavy atom. The van der Waals surface area contributed by atoms with Crippen LogP contribution < -0.4 is 10.3 Å². The fraction of sp³-hybridized carbons (Fsp3) is 0.143. The number of nitrogens with zero attached hydrogens (tertiary/aromatic N) is 3. The molecular formula is C21H18N4O2. The van der Waals surface area contributed by atoms with Gasteiger partial charge in [-0.05, 0) is 13.0 Å². The number of hydrogen-bond donors (Lipinski definition) is 1. The van der Waals surface area contributed by atoms with Gasteiger partial charge in [-0.3, -0.25) is 4.79 Å². The van der Waals surface area contributed by atoms with Gasteiger partial charge in [-0.2, -0.15) is 0 Å². The standard InChI is InChI=1S/C21H18N4O2/c1-13-15-9-6-10-17(27-2)21(15)25-18(22-13)12-19-23-16(11-20(26)24-19)14-7-4-3-5-8-14/h3-11H,12H2,1-2H3,(H,23,24,26). The maximum atomic E-state index is 12.1. The lowest BCUT2D eigenvalue weighted by Gasteiger charge is -2.09. The number of benzene rings is 2. The van der Waals surface area contributed by atoms with Crippen LogP contribution in [0.15, 0.2) is 59.4 Å². The van der Waals surface area contributed by atoms with Crippen LogP contribution in [0.4, 0.5) is 0 Å². The van der Waals surface area contributed by atoms with E-state index in [1.165, 1.54) is 6.07 Å². The SMILES string of the molecule is COc1cccc2c(C)nc(Cc3nc(-c4ccccc4)cc(=O)[nH]3)nc12.